The van der Waals surface area contributed by atoms with Crippen molar-refractivity contribution in [2.45, 2.75) is 13.0 Å². The number of rotatable bonds is 6. The number of aromatic nitrogens is 4. The van der Waals surface area contributed by atoms with Crippen molar-refractivity contribution in [3.8, 4) is 11.4 Å². The van der Waals surface area contributed by atoms with E-state index in [1.807, 2.05) is 28.8 Å². The van der Waals surface area contributed by atoms with E-state index in [1.54, 1.807) is 30.7 Å². The van der Waals surface area contributed by atoms with Crippen LogP contribution in [0.1, 0.15) is 6.42 Å². The molecular formula is C21H19FN6O. The predicted molar refractivity (Wildman–Crippen MR) is 109 cm³/mol. The lowest BCUT2D eigenvalue weighted by molar-refractivity contribution is 0.252. The average molecular weight is 390 g/mol. The lowest BCUT2D eigenvalue weighted by atomic mass is 10.2. The lowest BCUT2D eigenvalue weighted by Gasteiger charge is -2.10. The summed E-state index contributed by atoms with van der Waals surface area (Å²) in [6, 6.07) is 13.0. The van der Waals surface area contributed by atoms with Crippen LogP contribution >= 0.6 is 0 Å². The quantitative estimate of drug-likeness (QED) is 0.490. The molecule has 29 heavy (non-hydrogen) atoms. The van der Waals surface area contributed by atoms with Crippen molar-refractivity contribution in [2.75, 3.05) is 11.9 Å². The van der Waals surface area contributed by atoms with Gasteiger partial charge in [-0.2, -0.15) is 0 Å². The molecular weight excluding hydrogens is 371 g/mol. The normalized spacial score (nSPS) is 10.8. The first-order chi connectivity index (χ1) is 14.2. The van der Waals surface area contributed by atoms with Crippen molar-refractivity contribution in [3.63, 3.8) is 0 Å². The molecule has 0 aliphatic carbocycles. The van der Waals surface area contributed by atoms with Crippen molar-refractivity contribution in [2.24, 2.45) is 0 Å². The summed E-state index contributed by atoms with van der Waals surface area (Å²) in [5, 5.41) is 5.40. The summed E-state index contributed by atoms with van der Waals surface area (Å²) in [7, 11) is 0. The van der Waals surface area contributed by atoms with E-state index >= 15 is 0 Å². The first-order valence-corrected chi connectivity index (χ1v) is 9.23. The number of hydrogen-bond acceptors (Lipinski definition) is 4. The minimum Gasteiger partial charge on any atom is -0.338 e. The van der Waals surface area contributed by atoms with E-state index in [-0.39, 0.29) is 6.03 Å². The summed E-state index contributed by atoms with van der Waals surface area (Å²) in [6.07, 6.45) is 5.87. The third-order valence-electron chi connectivity index (χ3n) is 4.37. The molecule has 2 N–H and O–H groups in total. The van der Waals surface area contributed by atoms with E-state index in [2.05, 4.69) is 20.6 Å². The highest BCUT2D eigenvalue weighted by Crippen LogP contribution is 2.23. The Morgan fingerprint density at radius 2 is 1.93 bits per heavy atom. The number of hydrogen-bond donors (Lipinski definition) is 2. The van der Waals surface area contributed by atoms with Gasteiger partial charge in [-0.15, -0.1) is 0 Å². The molecule has 0 unspecified atom stereocenters. The van der Waals surface area contributed by atoms with Crippen LogP contribution in [0.4, 0.5) is 14.9 Å². The summed E-state index contributed by atoms with van der Waals surface area (Å²) >= 11 is 0. The zero-order valence-electron chi connectivity index (χ0n) is 15.5. The van der Waals surface area contributed by atoms with Crippen LogP contribution in [0.5, 0.6) is 0 Å². The summed E-state index contributed by atoms with van der Waals surface area (Å²) in [4.78, 5) is 25.2. The van der Waals surface area contributed by atoms with Crippen LogP contribution in [0, 0.1) is 5.82 Å². The second kappa shape index (κ2) is 8.47. The highest BCUT2D eigenvalue weighted by atomic mass is 19.1. The van der Waals surface area contributed by atoms with E-state index in [9.17, 15) is 9.18 Å². The number of imidazole rings is 1. The van der Waals surface area contributed by atoms with Crippen LogP contribution in [0.3, 0.4) is 0 Å². The van der Waals surface area contributed by atoms with Crippen molar-refractivity contribution in [1.82, 2.24) is 24.8 Å². The lowest BCUT2D eigenvalue weighted by Crippen LogP contribution is -2.30. The van der Waals surface area contributed by atoms with Crippen LogP contribution < -0.4 is 10.6 Å². The molecule has 0 spiro atoms. The number of carbonyl (C=O) groups is 1. The highest BCUT2D eigenvalue weighted by molar-refractivity contribution is 5.89. The monoisotopic (exact) mass is 390 g/mol. The van der Waals surface area contributed by atoms with Gasteiger partial charge in [-0.25, -0.2) is 19.2 Å². The largest absolute Gasteiger partial charge is 0.338 e. The topological polar surface area (TPSA) is 84.7 Å². The minimum absolute atomic E-state index is 0.376. The van der Waals surface area contributed by atoms with E-state index in [4.69, 9.17) is 4.98 Å². The molecule has 4 aromatic rings. The van der Waals surface area contributed by atoms with E-state index < -0.39 is 5.82 Å². The van der Waals surface area contributed by atoms with E-state index in [0.29, 0.717) is 25.2 Å². The molecule has 0 aliphatic heterocycles. The van der Waals surface area contributed by atoms with Gasteiger partial charge in [0.1, 0.15) is 17.2 Å². The number of pyridine rings is 2. The maximum atomic E-state index is 13.2. The Hall–Kier alpha value is -3.81. The standard InChI is InChI=1S/C21H19FN6O/c22-16-4-1-5-17(14-16)26-21(29)25-10-3-13-28-19(15-7-11-23-12-8-15)27-18-6-2-9-24-20(18)28/h1-2,4-9,11-12,14H,3,10,13H2,(H2,25,26,29). The highest BCUT2D eigenvalue weighted by Gasteiger charge is 2.13. The first kappa shape index (κ1) is 18.5. The van der Waals surface area contributed by atoms with Gasteiger partial charge in [-0.05, 0) is 48.9 Å². The van der Waals surface area contributed by atoms with Crippen LogP contribution in [-0.2, 0) is 6.54 Å². The molecule has 0 fully saturated rings. The number of nitrogens with zero attached hydrogens (tertiary/aromatic N) is 4. The Balaban J connectivity index is 1.41. The Morgan fingerprint density at radius 1 is 1.07 bits per heavy atom. The maximum absolute atomic E-state index is 13.2. The van der Waals surface area contributed by atoms with Crippen LogP contribution in [0.2, 0.25) is 0 Å². The molecule has 0 saturated carbocycles. The molecule has 3 aromatic heterocycles. The third-order valence-corrected chi connectivity index (χ3v) is 4.37. The zero-order valence-corrected chi connectivity index (χ0v) is 15.5. The number of benzene rings is 1. The number of urea groups is 1. The molecule has 8 heteroatoms. The molecule has 0 aliphatic rings. The van der Waals surface area contributed by atoms with E-state index in [1.165, 1.54) is 12.1 Å². The number of aryl methyl sites for hydroxylation is 1. The van der Waals surface area contributed by atoms with Gasteiger partial charge in [-0.1, -0.05) is 6.07 Å². The van der Waals surface area contributed by atoms with Crippen molar-refractivity contribution in [3.05, 3.63) is 72.9 Å². The first-order valence-electron chi connectivity index (χ1n) is 9.23. The molecule has 3 heterocycles. The summed E-state index contributed by atoms with van der Waals surface area (Å²) in [5.41, 5.74) is 2.97. The summed E-state index contributed by atoms with van der Waals surface area (Å²) < 4.78 is 15.2. The molecule has 4 rings (SSSR count). The molecule has 0 atom stereocenters. The smallest absolute Gasteiger partial charge is 0.319 e. The zero-order chi connectivity index (χ0) is 20.1. The van der Waals surface area contributed by atoms with Gasteiger partial charge in [0.2, 0.25) is 0 Å². The molecule has 146 valence electrons. The fourth-order valence-electron chi connectivity index (χ4n) is 3.07. The average Bonchev–Trinajstić information content (AvgIpc) is 3.10. The van der Waals surface area contributed by atoms with Crippen molar-refractivity contribution >= 4 is 22.9 Å². The predicted octanol–water partition coefficient (Wildman–Crippen LogP) is 3.84. The number of nitrogens with one attached hydrogen (secondary N) is 2. The van der Waals surface area contributed by atoms with Gasteiger partial charge in [0.25, 0.3) is 0 Å². The second-order valence-corrected chi connectivity index (χ2v) is 6.41. The van der Waals surface area contributed by atoms with Crippen LogP contribution in [-0.4, -0.2) is 32.1 Å². The maximum Gasteiger partial charge on any atom is 0.319 e. The Morgan fingerprint density at radius 3 is 2.76 bits per heavy atom. The van der Waals surface area contributed by atoms with E-state index in [0.717, 1.165) is 22.6 Å². The number of carbonyl (C=O) groups excluding carboxylic acids is 1. The van der Waals surface area contributed by atoms with Gasteiger partial charge < -0.3 is 15.2 Å². The molecule has 0 radical (unpaired) electrons. The number of anilines is 1. The number of fused-ring (bicyclic) bond motifs is 1. The van der Waals surface area contributed by atoms with Gasteiger partial charge in [0, 0.05) is 42.9 Å². The van der Waals surface area contributed by atoms with Crippen LogP contribution in [0.25, 0.3) is 22.6 Å². The number of amides is 2. The Labute approximate surface area is 166 Å². The summed E-state index contributed by atoms with van der Waals surface area (Å²) in [5.74, 6) is 0.413. The molecule has 0 saturated heterocycles. The Bertz CT molecular complexity index is 1130. The van der Waals surface area contributed by atoms with Gasteiger partial charge in [0.15, 0.2) is 5.65 Å². The molecule has 0 bridgehead atoms. The SMILES string of the molecule is O=C(NCCCn1c(-c2ccncc2)nc2cccnc21)Nc1cccc(F)c1. The fourth-order valence-corrected chi connectivity index (χ4v) is 3.07. The van der Waals surface area contributed by atoms with Gasteiger partial charge in [0.05, 0.1) is 0 Å². The van der Waals surface area contributed by atoms with Crippen molar-refractivity contribution in [1.29, 1.82) is 0 Å². The molecule has 1 aromatic carbocycles. The number of halogens is 1. The fraction of sp³-hybridized carbons (Fsp3) is 0.143. The van der Waals surface area contributed by atoms with Crippen molar-refractivity contribution < 1.29 is 9.18 Å². The van der Waals surface area contributed by atoms with Gasteiger partial charge in [-0.3, -0.25) is 4.98 Å². The second-order valence-electron chi connectivity index (χ2n) is 6.41. The minimum atomic E-state index is -0.397. The van der Waals surface area contributed by atoms with Gasteiger partial charge >= 0.3 is 6.03 Å². The van der Waals surface area contributed by atoms with Crippen LogP contribution in [0.15, 0.2) is 67.1 Å². The summed E-state index contributed by atoms with van der Waals surface area (Å²) in [6.45, 7) is 1.08. The third kappa shape index (κ3) is 4.37. The Kier molecular flexibility index (Phi) is 5.42. The molecule has 7 nitrogen and oxygen atoms in total. The molecule has 2 amide bonds.